The summed E-state index contributed by atoms with van der Waals surface area (Å²) in [5.74, 6) is -1.05. The molecule has 84 valence electrons. The summed E-state index contributed by atoms with van der Waals surface area (Å²) in [7, 11) is 0. The van der Waals surface area contributed by atoms with Crippen molar-refractivity contribution in [1.29, 1.82) is 0 Å². The van der Waals surface area contributed by atoms with Crippen LogP contribution >= 0.6 is 23.2 Å². The molecule has 0 radical (unpaired) electrons. The molecule has 15 heavy (non-hydrogen) atoms. The third-order valence-corrected chi connectivity index (χ3v) is 2.83. The van der Waals surface area contributed by atoms with E-state index >= 15 is 0 Å². The zero-order valence-corrected chi connectivity index (χ0v) is 9.50. The third-order valence-electron chi connectivity index (χ3n) is 2.00. The van der Waals surface area contributed by atoms with Crippen molar-refractivity contribution in [2.24, 2.45) is 5.73 Å². The van der Waals surface area contributed by atoms with Gasteiger partial charge >= 0.3 is 5.97 Å². The van der Waals surface area contributed by atoms with Crippen molar-refractivity contribution in [3.63, 3.8) is 0 Å². The van der Waals surface area contributed by atoms with Crippen LogP contribution in [0.25, 0.3) is 0 Å². The monoisotopic (exact) mass is 251 g/mol. The van der Waals surface area contributed by atoms with Crippen LogP contribution in [0, 0.1) is 0 Å². The largest absolute Gasteiger partial charge is 0.479 e. The molecular weight excluding hydrogens is 241 g/mol. The molecule has 3 N–H and O–H groups in total. The Bertz CT molecular complexity index is 327. The maximum Gasteiger partial charge on any atom is 0.332 e. The lowest BCUT2D eigenvalue weighted by Gasteiger charge is -2.25. The van der Waals surface area contributed by atoms with Crippen molar-refractivity contribution in [3.05, 3.63) is 22.9 Å². The number of aliphatic carboxylic acids is 1. The van der Waals surface area contributed by atoms with E-state index in [1.807, 2.05) is 0 Å². The number of hydrogen-bond donors (Lipinski definition) is 2. The molecule has 4 nitrogen and oxygen atoms in total. The fourth-order valence-electron chi connectivity index (χ4n) is 1.09. The van der Waals surface area contributed by atoms with Gasteiger partial charge in [-0.25, -0.2) is 4.79 Å². The van der Waals surface area contributed by atoms with Crippen LogP contribution in [-0.4, -0.2) is 28.7 Å². The zero-order valence-electron chi connectivity index (χ0n) is 7.98. The van der Waals surface area contributed by atoms with Crippen LogP contribution < -0.4 is 5.73 Å². The van der Waals surface area contributed by atoms with Crippen LogP contribution in [-0.2, 0) is 9.53 Å². The smallest absolute Gasteiger partial charge is 0.332 e. The number of carbonyl (C=O) groups is 1. The third kappa shape index (κ3) is 2.87. The highest BCUT2D eigenvalue weighted by atomic mass is 35.5. The molecular formula is C9H11Cl2NO3. The first kappa shape index (κ1) is 12.4. The van der Waals surface area contributed by atoms with E-state index in [4.69, 9.17) is 38.8 Å². The molecule has 0 spiro atoms. The van der Waals surface area contributed by atoms with Gasteiger partial charge in [-0.1, -0.05) is 17.7 Å². The van der Waals surface area contributed by atoms with Crippen LogP contribution in [0.5, 0.6) is 0 Å². The molecule has 1 aliphatic rings. The van der Waals surface area contributed by atoms with E-state index in [0.29, 0.717) is 10.7 Å². The molecule has 0 aliphatic heterocycles. The molecule has 3 unspecified atom stereocenters. The van der Waals surface area contributed by atoms with Crippen LogP contribution in [0.15, 0.2) is 22.9 Å². The number of allylic oxidation sites excluding steroid dienone is 2. The fourth-order valence-corrected chi connectivity index (χ4v) is 1.60. The van der Waals surface area contributed by atoms with E-state index < -0.39 is 23.6 Å². The molecule has 0 aromatic rings. The van der Waals surface area contributed by atoms with E-state index in [0.717, 1.165) is 0 Å². The predicted octanol–water partition coefficient (Wildman–Crippen LogP) is 1.43. The Kier molecular flexibility index (Phi) is 4.02. The number of alkyl halides is 1. The molecule has 0 saturated carbocycles. The first-order chi connectivity index (χ1) is 6.93. The first-order valence-electron chi connectivity index (χ1n) is 4.29. The van der Waals surface area contributed by atoms with Gasteiger partial charge in [-0.3, -0.25) is 0 Å². The number of hydrogen-bond acceptors (Lipinski definition) is 3. The lowest BCUT2D eigenvalue weighted by molar-refractivity contribution is -0.151. The number of ether oxygens (including phenoxy) is 1. The molecule has 0 bridgehead atoms. The second-order valence-corrected chi connectivity index (χ2v) is 4.02. The molecule has 6 heteroatoms. The highest BCUT2D eigenvalue weighted by Crippen LogP contribution is 2.25. The maximum atomic E-state index is 10.6. The Morgan fingerprint density at radius 3 is 2.87 bits per heavy atom. The van der Waals surface area contributed by atoms with Crippen LogP contribution in [0.3, 0.4) is 0 Å². The lowest BCUT2D eigenvalue weighted by Crippen LogP contribution is -2.35. The molecule has 0 aromatic heterocycles. The standard InChI is InChI=1S/C9H11Cl2NO3/c1-4(9(13)14)15-6-3-2-5(10)8(12)7(6)11/h2-4,6-7H,12H2,1H3,(H,13,14). The van der Waals surface area contributed by atoms with Crippen molar-refractivity contribution in [2.75, 3.05) is 0 Å². The number of carboxylic acids is 1. The van der Waals surface area contributed by atoms with E-state index in [-0.39, 0.29) is 0 Å². The molecule has 0 heterocycles. The minimum Gasteiger partial charge on any atom is -0.479 e. The molecule has 0 fully saturated rings. The van der Waals surface area contributed by atoms with Crippen LogP contribution in [0.1, 0.15) is 6.92 Å². The highest BCUT2D eigenvalue weighted by Gasteiger charge is 2.28. The van der Waals surface area contributed by atoms with E-state index in [9.17, 15) is 4.79 Å². The number of nitrogens with two attached hydrogens (primary N) is 1. The summed E-state index contributed by atoms with van der Waals surface area (Å²) in [5, 5.41) is 8.38. The summed E-state index contributed by atoms with van der Waals surface area (Å²) in [4.78, 5) is 10.6. The Balaban J connectivity index is 2.68. The normalized spacial score (nSPS) is 27.9. The maximum absolute atomic E-state index is 10.6. The van der Waals surface area contributed by atoms with Gasteiger partial charge in [0.25, 0.3) is 0 Å². The summed E-state index contributed by atoms with van der Waals surface area (Å²) >= 11 is 11.7. The first-order valence-corrected chi connectivity index (χ1v) is 5.10. The quantitative estimate of drug-likeness (QED) is 0.745. The number of rotatable bonds is 3. The number of carboxylic acid groups (broad SMARTS) is 1. The molecule has 1 aliphatic carbocycles. The minimum atomic E-state index is -1.05. The Hall–Kier alpha value is -0.710. The van der Waals surface area contributed by atoms with E-state index in [1.165, 1.54) is 6.92 Å². The van der Waals surface area contributed by atoms with E-state index in [2.05, 4.69) is 0 Å². The Morgan fingerprint density at radius 1 is 1.73 bits per heavy atom. The topological polar surface area (TPSA) is 72.5 Å². The average Bonchev–Trinajstić information content (AvgIpc) is 2.18. The fraction of sp³-hybridized carbons (Fsp3) is 0.444. The van der Waals surface area contributed by atoms with Gasteiger partial charge in [0.1, 0.15) is 5.38 Å². The van der Waals surface area contributed by atoms with Crippen LogP contribution in [0.2, 0.25) is 0 Å². The molecule has 3 atom stereocenters. The summed E-state index contributed by atoms with van der Waals surface area (Å²) in [5.41, 5.74) is 5.90. The average molecular weight is 252 g/mol. The second kappa shape index (κ2) is 4.88. The van der Waals surface area contributed by atoms with Gasteiger partial charge in [-0.2, -0.15) is 0 Å². The highest BCUT2D eigenvalue weighted by molar-refractivity contribution is 6.33. The van der Waals surface area contributed by atoms with E-state index in [1.54, 1.807) is 12.2 Å². The Morgan fingerprint density at radius 2 is 2.33 bits per heavy atom. The van der Waals surface area contributed by atoms with Crippen LogP contribution in [0.4, 0.5) is 0 Å². The predicted molar refractivity (Wildman–Crippen MR) is 57.8 cm³/mol. The van der Waals surface area contributed by atoms with Gasteiger partial charge in [-0.05, 0) is 13.0 Å². The van der Waals surface area contributed by atoms with Crippen molar-refractivity contribution in [2.45, 2.75) is 24.5 Å². The summed E-state index contributed by atoms with van der Waals surface area (Å²) in [6, 6.07) is 0. The summed E-state index contributed by atoms with van der Waals surface area (Å²) in [6.07, 6.45) is 1.64. The zero-order chi connectivity index (χ0) is 11.6. The molecule has 0 saturated heterocycles. The van der Waals surface area contributed by atoms with Crippen molar-refractivity contribution < 1.29 is 14.6 Å². The van der Waals surface area contributed by atoms with Gasteiger partial charge in [0.15, 0.2) is 6.10 Å². The van der Waals surface area contributed by atoms with Gasteiger partial charge < -0.3 is 15.6 Å². The van der Waals surface area contributed by atoms with Gasteiger partial charge in [0.05, 0.1) is 11.1 Å². The lowest BCUT2D eigenvalue weighted by atomic mass is 10.1. The van der Waals surface area contributed by atoms with Gasteiger partial charge in [-0.15, -0.1) is 11.6 Å². The molecule has 1 rings (SSSR count). The minimum absolute atomic E-state index is 0.295. The molecule has 0 aromatic carbocycles. The Labute approximate surface area is 97.3 Å². The second-order valence-electron chi connectivity index (χ2n) is 3.15. The summed E-state index contributed by atoms with van der Waals surface area (Å²) < 4.78 is 5.19. The van der Waals surface area contributed by atoms with Gasteiger partial charge in [0.2, 0.25) is 0 Å². The number of halogens is 2. The van der Waals surface area contributed by atoms with Crippen molar-refractivity contribution in [3.8, 4) is 0 Å². The van der Waals surface area contributed by atoms with Crippen molar-refractivity contribution >= 4 is 29.2 Å². The van der Waals surface area contributed by atoms with Gasteiger partial charge in [0, 0.05) is 5.70 Å². The van der Waals surface area contributed by atoms with Crippen molar-refractivity contribution in [1.82, 2.24) is 0 Å². The summed E-state index contributed by atoms with van der Waals surface area (Å²) in [6.45, 7) is 1.43. The SMILES string of the molecule is CC(OC1C=CC(Cl)=C(N)C1Cl)C(=O)O. The molecule has 0 amide bonds.